The molecule has 0 bridgehead atoms. The van der Waals surface area contributed by atoms with Crippen LogP contribution in [-0.2, 0) is 30.1 Å². The van der Waals surface area contributed by atoms with Crippen molar-refractivity contribution in [1.29, 1.82) is 0 Å². The van der Waals surface area contributed by atoms with E-state index < -0.39 is 17.1 Å². The molecule has 3 amide bonds. The molecule has 3 aliphatic rings. The molecule has 2 aromatic heterocycles. The lowest BCUT2D eigenvalue weighted by atomic mass is 10.2. The molecule has 49 heavy (non-hydrogen) atoms. The van der Waals surface area contributed by atoms with Gasteiger partial charge >= 0.3 is 0 Å². The predicted molar refractivity (Wildman–Crippen MR) is 189 cm³/mol. The Balaban J connectivity index is 0.000000182. The van der Waals surface area contributed by atoms with Crippen molar-refractivity contribution in [3.8, 4) is 11.6 Å². The second-order valence-electron chi connectivity index (χ2n) is 12.3. The number of fused-ring (bicyclic) bond motifs is 1. The number of H-pyrrole nitrogens is 1. The van der Waals surface area contributed by atoms with Gasteiger partial charge in [-0.25, -0.2) is 8.89 Å². The van der Waals surface area contributed by atoms with E-state index in [1.165, 1.54) is 0 Å². The van der Waals surface area contributed by atoms with Gasteiger partial charge in [-0.05, 0) is 89.8 Å². The summed E-state index contributed by atoms with van der Waals surface area (Å²) in [6.45, 7) is 8.60. The summed E-state index contributed by atoms with van der Waals surface area (Å²) < 4.78 is 25.2. The van der Waals surface area contributed by atoms with Crippen LogP contribution < -0.4 is 20.2 Å². The highest BCUT2D eigenvalue weighted by atomic mass is 32.2. The summed E-state index contributed by atoms with van der Waals surface area (Å²) in [7, 11) is 0.519. The molecule has 3 N–H and O–H groups in total. The van der Waals surface area contributed by atoms with E-state index >= 15 is 0 Å². The summed E-state index contributed by atoms with van der Waals surface area (Å²) in [6.07, 6.45) is 12.4. The standard InChI is InChI=1S/C17H28N2O3.C14H13N3O2.C4H7NO2S/c1-3-4-5-6-12-22-13(2)17(21)19-11-7-8-15(19)16(20)18-14-9-10-14;1-9-5-6-17(16-9)14-8-13(18)11-4-3-10(19-2)7-12(11)15-14;6-3-5-8(7)4-1-2-4/h3,13-15H,1,4-12H2,2H3,(H,18,20);3-8H,1-2H3,(H,15,18);3-4H,1-2H2,(H,5,6)/t13-,15?;;/m1../s1. The number of rotatable bonds is 14. The van der Waals surface area contributed by atoms with Crippen molar-refractivity contribution in [3.05, 3.63) is 65.1 Å². The summed E-state index contributed by atoms with van der Waals surface area (Å²) in [5.74, 6) is 1.29. The number of amides is 3. The van der Waals surface area contributed by atoms with Gasteiger partial charge in [0.1, 0.15) is 34.7 Å². The van der Waals surface area contributed by atoms with Crippen LogP contribution >= 0.6 is 0 Å². The van der Waals surface area contributed by atoms with Crippen LogP contribution in [0, 0.1) is 6.92 Å². The van der Waals surface area contributed by atoms with Gasteiger partial charge in [-0.2, -0.15) is 5.10 Å². The number of unbranched alkanes of at least 4 members (excludes halogenated alkanes) is 2. The third-order valence-electron chi connectivity index (χ3n) is 8.26. The van der Waals surface area contributed by atoms with Crippen molar-refractivity contribution in [1.82, 2.24) is 29.7 Å². The number of carbonyl (C=O) groups excluding carboxylic acids is 3. The molecule has 3 atom stereocenters. The maximum atomic E-state index is 12.5. The highest BCUT2D eigenvalue weighted by Gasteiger charge is 2.38. The van der Waals surface area contributed by atoms with Crippen molar-refractivity contribution in [2.24, 2.45) is 0 Å². The summed E-state index contributed by atoms with van der Waals surface area (Å²) in [6, 6.07) is 8.79. The SMILES string of the molecule is C=CCCCCO[C@H](C)C(=O)N1CCCC1C(=O)NC1CC1.COc1ccc2c(=O)cc(-n3ccc(C)n3)[nH]c2c1.O=CNS(=O)C1CC1. The van der Waals surface area contributed by atoms with Gasteiger partial charge in [0.2, 0.25) is 12.3 Å². The van der Waals surface area contributed by atoms with Crippen LogP contribution in [0.5, 0.6) is 5.75 Å². The molecule has 0 radical (unpaired) electrons. The van der Waals surface area contributed by atoms with Gasteiger partial charge in [0.05, 0.1) is 23.6 Å². The second-order valence-corrected chi connectivity index (χ2v) is 13.8. The number of nitrogens with zero attached hydrogens (tertiary/aromatic N) is 3. The molecule has 3 aromatic rings. The zero-order valence-corrected chi connectivity index (χ0v) is 29.3. The van der Waals surface area contributed by atoms with Crippen LogP contribution in [0.4, 0.5) is 0 Å². The molecule has 13 nitrogen and oxygen atoms in total. The Morgan fingerprint density at radius 1 is 1.16 bits per heavy atom. The van der Waals surface area contributed by atoms with E-state index in [1.54, 1.807) is 47.9 Å². The number of aromatic nitrogens is 3. The fraction of sp³-hybridized carbons (Fsp3) is 0.514. The number of nitrogens with one attached hydrogen (secondary N) is 3. The van der Waals surface area contributed by atoms with Crippen molar-refractivity contribution in [2.45, 2.75) is 95.1 Å². The number of ether oxygens (including phenoxy) is 2. The number of likely N-dealkylation sites (tertiary alicyclic amines) is 1. The average Bonchev–Trinajstić information content (AvgIpc) is 4.02. The number of aromatic amines is 1. The van der Waals surface area contributed by atoms with E-state index in [0.717, 1.165) is 69.0 Å². The van der Waals surface area contributed by atoms with Gasteiger partial charge in [0.25, 0.3) is 5.91 Å². The Morgan fingerprint density at radius 2 is 1.94 bits per heavy atom. The second kappa shape index (κ2) is 18.5. The lowest BCUT2D eigenvalue weighted by Gasteiger charge is -2.26. The third kappa shape index (κ3) is 11.4. The first-order valence-electron chi connectivity index (χ1n) is 16.8. The predicted octanol–water partition coefficient (Wildman–Crippen LogP) is 3.61. The van der Waals surface area contributed by atoms with Gasteiger partial charge in [0, 0.05) is 42.9 Å². The number of hydrogen-bond acceptors (Lipinski definition) is 8. The van der Waals surface area contributed by atoms with Crippen molar-refractivity contribution in [3.63, 3.8) is 0 Å². The zero-order valence-electron chi connectivity index (χ0n) is 28.5. The molecule has 14 heteroatoms. The van der Waals surface area contributed by atoms with Gasteiger partial charge in [0.15, 0.2) is 5.43 Å². The van der Waals surface area contributed by atoms with Crippen LogP contribution in [0.3, 0.4) is 0 Å². The summed E-state index contributed by atoms with van der Waals surface area (Å²) >= 11 is 0. The molecule has 2 aliphatic carbocycles. The van der Waals surface area contributed by atoms with Crippen molar-refractivity contribution >= 4 is 40.1 Å². The smallest absolute Gasteiger partial charge is 0.252 e. The quantitative estimate of drug-likeness (QED) is 0.131. The fourth-order valence-corrected chi connectivity index (χ4v) is 6.08. The van der Waals surface area contributed by atoms with Gasteiger partial charge in [-0.3, -0.25) is 23.9 Å². The highest BCUT2D eigenvalue weighted by Crippen LogP contribution is 2.25. The van der Waals surface area contributed by atoms with Crippen LogP contribution in [0.1, 0.15) is 70.4 Å². The Bertz CT molecular complexity index is 1670. The lowest BCUT2D eigenvalue weighted by Crippen LogP contribution is -2.49. The maximum absolute atomic E-state index is 12.5. The average molecular weight is 697 g/mol. The minimum atomic E-state index is -1.08. The third-order valence-corrected chi connectivity index (χ3v) is 9.67. The van der Waals surface area contributed by atoms with Gasteiger partial charge in [-0.1, -0.05) is 6.08 Å². The molecule has 1 aliphatic heterocycles. The van der Waals surface area contributed by atoms with Crippen LogP contribution in [0.25, 0.3) is 16.7 Å². The summed E-state index contributed by atoms with van der Waals surface area (Å²) in [5, 5.41) is 8.17. The van der Waals surface area contributed by atoms with E-state index in [4.69, 9.17) is 9.47 Å². The topological polar surface area (TPSA) is 165 Å². The molecular formula is C35H48N6O7S. The van der Waals surface area contributed by atoms with Crippen LogP contribution in [-0.4, -0.2) is 85.8 Å². The first kappa shape index (κ1) is 37.5. The van der Waals surface area contributed by atoms with E-state index in [1.807, 2.05) is 25.3 Å². The van der Waals surface area contributed by atoms with E-state index in [-0.39, 0.29) is 28.5 Å². The van der Waals surface area contributed by atoms with Crippen molar-refractivity contribution < 1.29 is 28.1 Å². The maximum Gasteiger partial charge on any atom is 0.252 e. The molecule has 6 rings (SSSR count). The van der Waals surface area contributed by atoms with Crippen LogP contribution in [0.2, 0.25) is 0 Å². The number of carbonyl (C=O) groups is 3. The highest BCUT2D eigenvalue weighted by molar-refractivity contribution is 7.84. The van der Waals surface area contributed by atoms with E-state index in [2.05, 4.69) is 26.7 Å². The minimum absolute atomic E-state index is 0.00605. The monoisotopic (exact) mass is 696 g/mol. The minimum Gasteiger partial charge on any atom is -0.497 e. The molecule has 1 aromatic carbocycles. The Kier molecular flexibility index (Phi) is 14.1. The molecule has 3 heterocycles. The molecule has 1 saturated heterocycles. The normalized spacial score (nSPS) is 17.9. The van der Waals surface area contributed by atoms with Gasteiger partial charge < -0.3 is 24.7 Å². The van der Waals surface area contributed by atoms with Crippen LogP contribution in [0.15, 0.2) is 54.0 Å². The number of hydrogen-bond donors (Lipinski definition) is 3. The Morgan fingerprint density at radius 3 is 2.57 bits per heavy atom. The summed E-state index contributed by atoms with van der Waals surface area (Å²) in [5.41, 5.74) is 1.58. The summed E-state index contributed by atoms with van der Waals surface area (Å²) in [4.78, 5) is 51.3. The van der Waals surface area contributed by atoms with E-state index in [0.29, 0.717) is 42.6 Å². The number of methoxy groups -OCH3 is 1. The number of pyridine rings is 1. The molecule has 266 valence electrons. The van der Waals surface area contributed by atoms with Gasteiger partial charge in [-0.15, -0.1) is 6.58 Å². The molecule has 2 saturated carbocycles. The zero-order chi connectivity index (χ0) is 35.3. The Labute approximate surface area is 289 Å². The largest absolute Gasteiger partial charge is 0.497 e. The molecule has 3 fully saturated rings. The molecule has 2 unspecified atom stereocenters. The first-order valence-corrected chi connectivity index (χ1v) is 18.0. The lowest BCUT2D eigenvalue weighted by molar-refractivity contribution is -0.147. The van der Waals surface area contributed by atoms with Crippen molar-refractivity contribution in [2.75, 3.05) is 20.3 Å². The molecular weight excluding hydrogens is 648 g/mol. The number of allylic oxidation sites excluding steroid dienone is 1. The number of aryl methyl sites for hydroxylation is 1. The molecule has 0 spiro atoms. The Hall–Kier alpha value is -4.30. The van der Waals surface area contributed by atoms with E-state index in [9.17, 15) is 23.4 Å². The number of benzene rings is 1. The first-order chi connectivity index (χ1) is 23.6. The fourth-order valence-electron chi connectivity index (χ4n) is 5.23.